The van der Waals surface area contributed by atoms with E-state index in [0.29, 0.717) is 0 Å². The fourth-order valence-electron chi connectivity index (χ4n) is 3.31. The molecule has 5 rings (SSSR count). The molecule has 3 heterocycles. The first-order chi connectivity index (χ1) is 10.9. The molecule has 0 saturated heterocycles. The molecule has 0 atom stereocenters. The number of nitrogens with zero attached hydrogens (tertiary/aromatic N) is 2. The van der Waals surface area contributed by atoms with E-state index in [-0.39, 0.29) is 0 Å². The Bertz CT molecular complexity index is 832. The number of hydrogen-bond acceptors (Lipinski definition) is 5. The summed E-state index contributed by atoms with van der Waals surface area (Å²) in [5.74, 6) is 1.73. The van der Waals surface area contributed by atoms with Crippen molar-refractivity contribution in [2.45, 2.75) is 12.8 Å². The lowest BCUT2D eigenvalue weighted by atomic mass is 10.0. The van der Waals surface area contributed by atoms with Gasteiger partial charge in [0, 0.05) is 22.4 Å². The van der Waals surface area contributed by atoms with Crippen LogP contribution in [0.2, 0.25) is 0 Å². The Morgan fingerprint density at radius 3 is 3.00 bits per heavy atom. The minimum Gasteiger partial charge on any atom is -0.495 e. The third-order valence-electron chi connectivity index (χ3n) is 4.51. The zero-order valence-electron chi connectivity index (χ0n) is 12.3. The van der Waals surface area contributed by atoms with Crippen LogP contribution in [0.15, 0.2) is 33.5 Å². The van der Waals surface area contributed by atoms with Crippen LogP contribution in [-0.4, -0.2) is 30.3 Å². The van der Waals surface area contributed by atoms with Gasteiger partial charge >= 0.3 is 0 Å². The summed E-state index contributed by atoms with van der Waals surface area (Å²) in [6, 6.07) is 6.57. The van der Waals surface area contributed by atoms with Crippen LogP contribution < -0.4 is 4.74 Å². The van der Waals surface area contributed by atoms with Crippen molar-refractivity contribution in [2.75, 3.05) is 20.2 Å². The molecule has 3 nitrogen and oxygen atoms in total. The van der Waals surface area contributed by atoms with Crippen molar-refractivity contribution >= 4 is 44.0 Å². The predicted molar refractivity (Wildman–Crippen MR) is 94.6 cm³/mol. The Morgan fingerprint density at radius 2 is 2.18 bits per heavy atom. The van der Waals surface area contributed by atoms with Crippen molar-refractivity contribution < 1.29 is 4.74 Å². The molecule has 1 aromatic heterocycles. The fraction of sp³-hybridized carbons (Fsp3) is 0.353. The van der Waals surface area contributed by atoms with Crippen LogP contribution in [0.4, 0.5) is 0 Å². The summed E-state index contributed by atoms with van der Waals surface area (Å²) in [5.41, 5.74) is 2.76. The van der Waals surface area contributed by atoms with E-state index in [4.69, 9.17) is 4.74 Å². The molecular formula is C17H16N2OS2. The highest BCUT2D eigenvalue weighted by molar-refractivity contribution is 8.17. The van der Waals surface area contributed by atoms with E-state index in [1.165, 1.54) is 44.3 Å². The standard InChI is InChI=1S/C17H16N2OS2/c1-20-13-5-4-11(12-6-9-21-16(12)13)14-15(10-2-3-10)22-17-18-7-8-19(14)17/h4-6,9-10H,2-3,7-8H2,1H3. The molecule has 112 valence electrons. The second kappa shape index (κ2) is 4.77. The van der Waals surface area contributed by atoms with Crippen LogP contribution in [0.1, 0.15) is 18.4 Å². The molecule has 22 heavy (non-hydrogen) atoms. The monoisotopic (exact) mass is 328 g/mol. The Kier molecular flexibility index (Phi) is 2.82. The molecule has 5 heteroatoms. The molecule has 0 bridgehead atoms. The summed E-state index contributed by atoms with van der Waals surface area (Å²) < 4.78 is 6.78. The lowest BCUT2D eigenvalue weighted by molar-refractivity contribution is 0.420. The van der Waals surface area contributed by atoms with E-state index in [1.54, 1.807) is 18.4 Å². The molecule has 0 spiro atoms. The number of hydrogen-bond donors (Lipinski definition) is 0. The molecule has 1 saturated carbocycles. The predicted octanol–water partition coefficient (Wildman–Crippen LogP) is 4.41. The quantitative estimate of drug-likeness (QED) is 0.834. The first kappa shape index (κ1) is 13.0. The summed E-state index contributed by atoms with van der Waals surface area (Å²) in [6.45, 7) is 1.94. The van der Waals surface area contributed by atoms with Gasteiger partial charge in [0.05, 0.1) is 24.1 Å². The molecule has 3 aliphatic rings. The van der Waals surface area contributed by atoms with Crippen molar-refractivity contribution in [1.82, 2.24) is 4.90 Å². The van der Waals surface area contributed by atoms with Crippen LogP contribution in [0, 0.1) is 5.92 Å². The van der Waals surface area contributed by atoms with E-state index >= 15 is 0 Å². The van der Waals surface area contributed by atoms with Crippen LogP contribution in [0.5, 0.6) is 5.75 Å². The number of fused-ring (bicyclic) bond motifs is 2. The average Bonchev–Trinajstić information content (AvgIpc) is 2.97. The molecule has 2 aliphatic heterocycles. The van der Waals surface area contributed by atoms with Gasteiger partial charge in [-0.25, -0.2) is 0 Å². The maximum atomic E-state index is 5.53. The number of aliphatic imine (C=N–C) groups is 1. The number of thiophene rings is 1. The van der Waals surface area contributed by atoms with Crippen molar-refractivity contribution in [1.29, 1.82) is 0 Å². The van der Waals surface area contributed by atoms with E-state index in [9.17, 15) is 0 Å². The summed E-state index contributed by atoms with van der Waals surface area (Å²) in [4.78, 5) is 8.64. The molecule has 0 N–H and O–H groups in total. The van der Waals surface area contributed by atoms with Gasteiger partial charge in [0.15, 0.2) is 5.17 Å². The van der Waals surface area contributed by atoms with Crippen molar-refractivity contribution in [3.05, 3.63) is 34.0 Å². The molecular weight excluding hydrogens is 312 g/mol. The smallest absolute Gasteiger partial charge is 0.168 e. The Labute approximate surface area is 137 Å². The summed E-state index contributed by atoms with van der Waals surface area (Å²) in [6.07, 6.45) is 2.66. The summed E-state index contributed by atoms with van der Waals surface area (Å²) >= 11 is 3.66. The lowest BCUT2D eigenvalue weighted by Gasteiger charge is -2.19. The fourth-order valence-corrected chi connectivity index (χ4v) is 5.58. The summed E-state index contributed by atoms with van der Waals surface area (Å²) in [7, 11) is 1.75. The van der Waals surface area contributed by atoms with E-state index in [1.807, 2.05) is 11.8 Å². The topological polar surface area (TPSA) is 24.8 Å². The van der Waals surface area contributed by atoms with Crippen molar-refractivity contribution in [3.8, 4) is 5.75 Å². The van der Waals surface area contributed by atoms with Gasteiger partial charge in [-0.05, 0) is 42.3 Å². The van der Waals surface area contributed by atoms with Gasteiger partial charge in [-0.2, -0.15) is 0 Å². The zero-order chi connectivity index (χ0) is 14.7. The Balaban J connectivity index is 1.74. The molecule has 1 aromatic carbocycles. The largest absolute Gasteiger partial charge is 0.495 e. The molecule has 0 amide bonds. The van der Waals surface area contributed by atoms with E-state index in [2.05, 4.69) is 33.5 Å². The van der Waals surface area contributed by atoms with Crippen molar-refractivity contribution in [3.63, 3.8) is 0 Å². The van der Waals surface area contributed by atoms with Gasteiger partial charge in [0.25, 0.3) is 0 Å². The minimum atomic E-state index is 0.754. The van der Waals surface area contributed by atoms with Gasteiger partial charge < -0.3 is 9.64 Å². The number of rotatable bonds is 3. The SMILES string of the molecule is COc1ccc(C2=C(C3CC3)SC3=NCCN32)c2ccsc12. The van der Waals surface area contributed by atoms with Gasteiger partial charge in [-0.1, -0.05) is 11.8 Å². The van der Waals surface area contributed by atoms with Crippen LogP contribution in [0.25, 0.3) is 15.8 Å². The first-order valence-electron chi connectivity index (χ1n) is 7.65. The number of thioether (sulfide) groups is 1. The number of methoxy groups -OCH3 is 1. The van der Waals surface area contributed by atoms with E-state index in [0.717, 1.165) is 24.8 Å². The molecule has 0 radical (unpaired) electrons. The van der Waals surface area contributed by atoms with E-state index < -0.39 is 0 Å². The third-order valence-corrected chi connectivity index (χ3v) is 6.72. The number of allylic oxidation sites excluding steroid dienone is 1. The summed E-state index contributed by atoms with van der Waals surface area (Å²) in [5, 5.41) is 4.68. The normalized spacial score (nSPS) is 20.8. The van der Waals surface area contributed by atoms with Crippen LogP contribution >= 0.6 is 23.1 Å². The highest BCUT2D eigenvalue weighted by atomic mass is 32.2. The zero-order valence-corrected chi connectivity index (χ0v) is 14.0. The maximum Gasteiger partial charge on any atom is 0.168 e. The Hall–Kier alpha value is -1.46. The number of ether oxygens (including phenoxy) is 1. The van der Waals surface area contributed by atoms with Crippen LogP contribution in [0.3, 0.4) is 0 Å². The minimum absolute atomic E-state index is 0.754. The second-order valence-electron chi connectivity index (χ2n) is 5.88. The van der Waals surface area contributed by atoms with Gasteiger partial charge in [0.2, 0.25) is 0 Å². The van der Waals surface area contributed by atoms with Gasteiger partial charge in [0.1, 0.15) is 5.75 Å². The molecule has 0 unspecified atom stereocenters. The Morgan fingerprint density at radius 1 is 1.27 bits per heavy atom. The molecule has 2 aromatic rings. The molecule has 1 fully saturated rings. The highest BCUT2D eigenvalue weighted by Gasteiger charge is 2.40. The second-order valence-corrected chi connectivity index (χ2v) is 7.81. The van der Waals surface area contributed by atoms with Crippen molar-refractivity contribution in [2.24, 2.45) is 10.9 Å². The van der Waals surface area contributed by atoms with Crippen LogP contribution in [-0.2, 0) is 0 Å². The highest BCUT2D eigenvalue weighted by Crippen LogP contribution is 2.53. The van der Waals surface area contributed by atoms with Gasteiger partial charge in [-0.15, -0.1) is 11.3 Å². The third kappa shape index (κ3) is 1.78. The van der Waals surface area contributed by atoms with Gasteiger partial charge in [-0.3, -0.25) is 4.99 Å². The maximum absolute atomic E-state index is 5.53. The number of amidine groups is 1. The molecule has 1 aliphatic carbocycles. The average molecular weight is 328 g/mol. The first-order valence-corrected chi connectivity index (χ1v) is 9.35. The number of benzene rings is 1. The lowest BCUT2D eigenvalue weighted by Crippen LogP contribution is -2.20.